The van der Waals surface area contributed by atoms with Gasteiger partial charge in [0.25, 0.3) is 0 Å². The molecule has 0 amide bonds. The van der Waals surface area contributed by atoms with Gasteiger partial charge in [-0.25, -0.2) is 4.39 Å². The van der Waals surface area contributed by atoms with Crippen LogP contribution in [-0.2, 0) is 4.74 Å². The first-order chi connectivity index (χ1) is 9.17. The first-order valence-corrected chi connectivity index (χ1v) is 6.70. The monoisotopic (exact) mass is 284 g/mol. The zero-order valence-electron chi connectivity index (χ0n) is 11.2. The van der Waals surface area contributed by atoms with Gasteiger partial charge in [0.15, 0.2) is 0 Å². The molecule has 1 aromatic rings. The van der Waals surface area contributed by atoms with Crippen molar-refractivity contribution < 1.29 is 13.9 Å². The molecule has 0 radical (unpaired) electrons. The van der Waals surface area contributed by atoms with Gasteiger partial charge in [-0.3, -0.25) is 0 Å². The lowest BCUT2D eigenvalue weighted by atomic mass is 10.2. The molecule has 0 aliphatic rings. The maximum Gasteiger partial charge on any atom is 0.138 e. The van der Waals surface area contributed by atoms with Crippen LogP contribution in [0.3, 0.4) is 0 Å². The van der Waals surface area contributed by atoms with E-state index < -0.39 is 0 Å². The molecule has 1 atom stereocenters. The number of benzene rings is 1. The van der Waals surface area contributed by atoms with E-state index in [1.807, 2.05) is 6.92 Å². The lowest BCUT2D eigenvalue weighted by molar-refractivity contribution is 0.135. The molecule has 1 rings (SSSR count). The summed E-state index contributed by atoms with van der Waals surface area (Å²) < 4.78 is 24.0. The zero-order valence-corrected chi connectivity index (χ0v) is 12.0. The third-order valence-electron chi connectivity index (χ3n) is 2.44. The van der Waals surface area contributed by atoms with Crippen LogP contribution in [0.2, 0.25) is 0 Å². The van der Waals surface area contributed by atoms with Gasteiger partial charge in [0.2, 0.25) is 0 Å². The Bertz CT molecular complexity index is 451. The third kappa shape index (κ3) is 5.96. The standard InChI is InChI=1S/C15H18ClFO2/c1-12(8-10-18-2)19-15-11-14(17)7-6-13(15)5-3-4-9-16/h6-7,11-12H,4,8-10H2,1-2H3. The van der Waals surface area contributed by atoms with Crippen molar-refractivity contribution in [1.82, 2.24) is 0 Å². The molecule has 2 nitrogen and oxygen atoms in total. The van der Waals surface area contributed by atoms with Crippen molar-refractivity contribution in [2.75, 3.05) is 19.6 Å². The summed E-state index contributed by atoms with van der Waals surface area (Å²) in [6.45, 7) is 2.52. The molecule has 4 heteroatoms. The number of rotatable bonds is 6. The van der Waals surface area contributed by atoms with E-state index in [2.05, 4.69) is 11.8 Å². The molecule has 19 heavy (non-hydrogen) atoms. The summed E-state index contributed by atoms with van der Waals surface area (Å²) in [7, 11) is 1.64. The Hall–Kier alpha value is -1.24. The number of hydrogen-bond donors (Lipinski definition) is 0. The Morgan fingerprint density at radius 2 is 2.21 bits per heavy atom. The number of alkyl halides is 1. The molecular formula is C15H18ClFO2. The van der Waals surface area contributed by atoms with E-state index in [1.54, 1.807) is 13.2 Å². The van der Waals surface area contributed by atoms with Gasteiger partial charge in [-0.1, -0.05) is 11.8 Å². The summed E-state index contributed by atoms with van der Waals surface area (Å²) in [6.07, 6.45) is 1.27. The number of hydrogen-bond acceptors (Lipinski definition) is 2. The maximum absolute atomic E-state index is 13.3. The summed E-state index contributed by atoms with van der Waals surface area (Å²) >= 11 is 5.57. The molecule has 104 valence electrons. The number of halogens is 2. The molecule has 0 aliphatic carbocycles. The molecule has 0 saturated heterocycles. The van der Waals surface area contributed by atoms with Crippen LogP contribution < -0.4 is 4.74 Å². The van der Waals surface area contributed by atoms with Crippen LogP contribution >= 0.6 is 11.6 Å². The highest BCUT2D eigenvalue weighted by atomic mass is 35.5. The second kappa shape index (κ2) is 8.79. The molecule has 0 aliphatic heterocycles. The average Bonchev–Trinajstić information content (AvgIpc) is 2.39. The fourth-order valence-electron chi connectivity index (χ4n) is 1.46. The van der Waals surface area contributed by atoms with Gasteiger partial charge in [0, 0.05) is 38.5 Å². The van der Waals surface area contributed by atoms with Crippen LogP contribution in [-0.4, -0.2) is 25.7 Å². The van der Waals surface area contributed by atoms with E-state index in [0.717, 1.165) is 6.42 Å². The number of methoxy groups -OCH3 is 1. The minimum atomic E-state index is -0.336. The van der Waals surface area contributed by atoms with Crippen LogP contribution in [0.1, 0.15) is 25.3 Å². The van der Waals surface area contributed by atoms with Crippen LogP contribution in [0.5, 0.6) is 5.75 Å². The van der Waals surface area contributed by atoms with Crippen molar-refractivity contribution in [3.05, 3.63) is 29.6 Å². The van der Waals surface area contributed by atoms with Gasteiger partial charge in [-0.05, 0) is 19.1 Å². The van der Waals surface area contributed by atoms with Crippen LogP contribution in [0.25, 0.3) is 0 Å². The fourth-order valence-corrected chi connectivity index (χ4v) is 1.56. The minimum absolute atomic E-state index is 0.0599. The Labute approximate surface area is 118 Å². The molecule has 0 spiro atoms. The van der Waals surface area contributed by atoms with E-state index in [9.17, 15) is 4.39 Å². The Morgan fingerprint density at radius 3 is 2.89 bits per heavy atom. The van der Waals surface area contributed by atoms with E-state index in [-0.39, 0.29) is 11.9 Å². The quantitative estimate of drug-likeness (QED) is 0.587. The maximum atomic E-state index is 13.3. The highest BCUT2D eigenvalue weighted by Crippen LogP contribution is 2.21. The third-order valence-corrected chi connectivity index (χ3v) is 2.63. The molecule has 1 aromatic carbocycles. The topological polar surface area (TPSA) is 18.5 Å². The summed E-state index contributed by atoms with van der Waals surface area (Å²) in [6, 6.07) is 4.35. The zero-order chi connectivity index (χ0) is 14.1. The van der Waals surface area contributed by atoms with Gasteiger partial charge >= 0.3 is 0 Å². The highest BCUT2D eigenvalue weighted by Gasteiger charge is 2.08. The molecule has 0 fully saturated rings. The van der Waals surface area contributed by atoms with Crippen molar-refractivity contribution in [3.63, 3.8) is 0 Å². The summed E-state index contributed by atoms with van der Waals surface area (Å²) in [5.41, 5.74) is 0.677. The van der Waals surface area contributed by atoms with Gasteiger partial charge in [0.05, 0.1) is 11.7 Å². The van der Waals surface area contributed by atoms with Crippen LogP contribution in [0.15, 0.2) is 18.2 Å². The van der Waals surface area contributed by atoms with Gasteiger partial charge in [0.1, 0.15) is 11.6 Å². The van der Waals surface area contributed by atoms with E-state index in [4.69, 9.17) is 21.1 Å². The van der Waals surface area contributed by atoms with Gasteiger partial charge < -0.3 is 9.47 Å². The second-order valence-electron chi connectivity index (χ2n) is 4.09. The molecule has 0 bridgehead atoms. The van der Waals surface area contributed by atoms with Crippen LogP contribution in [0.4, 0.5) is 4.39 Å². The first-order valence-electron chi connectivity index (χ1n) is 6.17. The van der Waals surface area contributed by atoms with Crippen molar-refractivity contribution in [1.29, 1.82) is 0 Å². The molecule has 0 N–H and O–H groups in total. The summed E-state index contributed by atoms with van der Waals surface area (Å²) in [5.74, 6) is 6.47. The largest absolute Gasteiger partial charge is 0.489 e. The smallest absolute Gasteiger partial charge is 0.138 e. The van der Waals surface area contributed by atoms with Gasteiger partial charge in [-0.2, -0.15) is 0 Å². The van der Waals surface area contributed by atoms with E-state index in [0.29, 0.717) is 30.2 Å². The van der Waals surface area contributed by atoms with Crippen molar-refractivity contribution >= 4 is 11.6 Å². The molecular weight excluding hydrogens is 267 g/mol. The summed E-state index contributed by atoms with van der Waals surface area (Å²) in [4.78, 5) is 0. The van der Waals surface area contributed by atoms with Crippen molar-refractivity contribution in [3.8, 4) is 17.6 Å². The SMILES string of the molecule is COCCC(C)Oc1cc(F)ccc1C#CCCCl. The first kappa shape index (κ1) is 15.8. The lowest BCUT2D eigenvalue weighted by Crippen LogP contribution is -2.15. The van der Waals surface area contributed by atoms with Gasteiger partial charge in [-0.15, -0.1) is 11.6 Å². The van der Waals surface area contributed by atoms with Crippen molar-refractivity contribution in [2.45, 2.75) is 25.9 Å². The average molecular weight is 285 g/mol. The second-order valence-corrected chi connectivity index (χ2v) is 4.47. The molecule has 0 saturated carbocycles. The lowest BCUT2D eigenvalue weighted by Gasteiger charge is -2.15. The van der Waals surface area contributed by atoms with E-state index in [1.165, 1.54) is 12.1 Å². The fraction of sp³-hybridized carbons (Fsp3) is 0.467. The Morgan fingerprint density at radius 1 is 1.42 bits per heavy atom. The predicted octanol–water partition coefficient (Wildman–Crippen LogP) is 3.61. The normalized spacial score (nSPS) is 11.6. The molecule has 0 aromatic heterocycles. The predicted molar refractivity (Wildman–Crippen MR) is 75.2 cm³/mol. The Kier molecular flexibility index (Phi) is 7.32. The van der Waals surface area contributed by atoms with E-state index >= 15 is 0 Å². The van der Waals surface area contributed by atoms with Crippen molar-refractivity contribution in [2.24, 2.45) is 0 Å². The Balaban J connectivity index is 2.79. The minimum Gasteiger partial charge on any atom is -0.489 e. The number of ether oxygens (including phenoxy) is 2. The molecule has 0 heterocycles. The highest BCUT2D eigenvalue weighted by molar-refractivity contribution is 6.18. The van der Waals surface area contributed by atoms with Crippen LogP contribution in [0, 0.1) is 17.7 Å². The molecule has 1 unspecified atom stereocenters. The summed E-state index contributed by atoms with van der Waals surface area (Å²) in [5, 5.41) is 0.